The lowest BCUT2D eigenvalue weighted by molar-refractivity contribution is 0.220. The maximum absolute atomic E-state index is 10.2. The van der Waals surface area contributed by atoms with Gasteiger partial charge in [0.25, 0.3) is 0 Å². The second-order valence-electron chi connectivity index (χ2n) is 4.27. The summed E-state index contributed by atoms with van der Waals surface area (Å²) in [7, 11) is 0. The van der Waals surface area contributed by atoms with Gasteiger partial charge >= 0.3 is 0 Å². The minimum absolute atomic E-state index is 0.280. The maximum Gasteiger partial charge on any atom is 0.109 e. The highest BCUT2D eigenvalue weighted by Gasteiger charge is 2.15. The first kappa shape index (κ1) is 12.1. The van der Waals surface area contributed by atoms with Crippen LogP contribution in [-0.2, 0) is 0 Å². The Morgan fingerprint density at radius 1 is 1.29 bits per heavy atom. The smallest absolute Gasteiger partial charge is 0.109 e. The Labute approximate surface area is 106 Å². The van der Waals surface area contributed by atoms with Crippen molar-refractivity contribution in [1.29, 1.82) is 0 Å². The fourth-order valence-electron chi connectivity index (χ4n) is 1.65. The van der Waals surface area contributed by atoms with Crippen molar-refractivity contribution in [2.75, 3.05) is 0 Å². The first-order valence-corrected chi connectivity index (χ1v) is 5.94. The van der Waals surface area contributed by atoms with Crippen LogP contribution in [0, 0.1) is 0 Å². The minimum Gasteiger partial charge on any atom is -0.383 e. The molecule has 0 aliphatic heterocycles. The SMILES string of the molecule is CC(C)n1cc(C(O)c2ccccc2Cl)cn1. The summed E-state index contributed by atoms with van der Waals surface area (Å²) in [6.07, 6.45) is 2.79. The van der Waals surface area contributed by atoms with E-state index in [-0.39, 0.29) is 6.04 Å². The molecular formula is C13H15ClN2O. The lowest BCUT2D eigenvalue weighted by atomic mass is 10.1. The molecule has 3 nitrogen and oxygen atoms in total. The van der Waals surface area contributed by atoms with Crippen LogP contribution >= 0.6 is 11.6 Å². The third-order valence-electron chi connectivity index (χ3n) is 2.67. The van der Waals surface area contributed by atoms with Gasteiger partial charge in [-0.1, -0.05) is 29.8 Å². The summed E-state index contributed by atoms with van der Waals surface area (Å²) >= 11 is 6.05. The minimum atomic E-state index is -0.726. The second-order valence-corrected chi connectivity index (χ2v) is 4.68. The largest absolute Gasteiger partial charge is 0.383 e. The number of nitrogens with zero attached hydrogens (tertiary/aromatic N) is 2. The first-order chi connectivity index (χ1) is 8.09. The van der Waals surface area contributed by atoms with Crippen LogP contribution in [0.25, 0.3) is 0 Å². The molecule has 1 heterocycles. The van der Waals surface area contributed by atoms with Gasteiger partial charge in [0.2, 0.25) is 0 Å². The van der Waals surface area contributed by atoms with E-state index in [2.05, 4.69) is 5.10 Å². The van der Waals surface area contributed by atoms with Gasteiger partial charge in [-0.3, -0.25) is 4.68 Å². The van der Waals surface area contributed by atoms with Gasteiger partial charge in [0.05, 0.1) is 6.20 Å². The van der Waals surface area contributed by atoms with Crippen LogP contribution in [0.1, 0.15) is 37.1 Å². The molecule has 1 unspecified atom stereocenters. The molecule has 0 saturated carbocycles. The molecular weight excluding hydrogens is 236 g/mol. The Balaban J connectivity index is 2.31. The van der Waals surface area contributed by atoms with E-state index in [0.29, 0.717) is 10.6 Å². The molecule has 90 valence electrons. The van der Waals surface area contributed by atoms with Crippen molar-refractivity contribution in [3.8, 4) is 0 Å². The van der Waals surface area contributed by atoms with Crippen LogP contribution in [0.3, 0.4) is 0 Å². The van der Waals surface area contributed by atoms with Gasteiger partial charge in [-0.15, -0.1) is 0 Å². The summed E-state index contributed by atoms with van der Waals surface area (Å²) in [4.78, 5) is 0. The number of benzene rings is 1. The number of rotatable bonds is 3. The van der Waals surface area contributed by atoms with Crippen molar-refractivity contribution in [1.82, 2.24) is 9.78 Å². The fraction of sp³-hybridized carbons (Fsp3) is 0.308. The number of hydrogen-bond acceptors (Lipinski definition) is 2. The number of halogens is 1. The van der Waals surface area contributed by atoms with Gasteiger partial charge in [0.1, 0.15) is 6.10 Å². The van der Waals surface area contributed by atoms with Gasteiger partial charge in [-0.25, -0.2) is 0 Å². The molecule has 0 aliphatic carbocycles. The van der Waals surface area contributed by atoms with E-state index in [9.17, 15) is 5.11 Å². The Morgan fingerprint density at radius 3 is 2.59 bits per heavy atom. The molecule has 1 aromatic heterocycles. The van der Waals surface area contributed by atoms with Crippen molar-refractivity contribution in [2.45, 2.75) is 26.0 Å². The lowest BCUT2D eigenvalue weighted by Crippen LogP contribution is -2.01. The molecule has 0 spiro atoms. The molecule has 17 heavy (non-hydrogen) atoms. The Morgan fingerprint density at radius 2 is 2.00 bits per heavy atom. The predicted molar refractivity (Wildman–Crippen MR) is 68.1 cm³/mol. The van der Waals surface area contributed by atoms with E-state index < -0.39 is 6.10 Å². The highest BCUT2D eigenvalue weighted by atomic mass is 35.5. The molecule has 0 fully saturated rings. The molecule has 0 amide bonds. The van der Waals surface area contributed by atoms with E-state index in [0.717, 1.165) is 5.56 Å². The Bertz CT molecular complexity index is 508. The lowest BCUT2D eigenvalue weighted by Gasteiger charge is -2.10. The van der Waals surface area contributed by atoms with Crippen LogP contribution < -0.4 is 0 Å². The van der Waals surface area contributed by atoms with E-state index in [1.165, 1.54) is 0 Å². The van der Waals surface area contributed by atoms with E-state index in [4.69, 9.17) is 11.6 Å². The molecule has 0 aliphatic rings. The topological polar surface area (TPSA) is 38.0 Å². The third kappa shape index (κ3) is 2.51. The monoisotopic (exact) mass is 250 g/mol. The summed E-state index contributed by atoms with van der Waals surface area (Å²) in [5, 5.41) is 15.0. The van der Waals surface area contributed by atoms with Gasteiger partial charge in [0.15, 0.2) is 0 Å². The van der Waals surface area contributed by atoms with Crippen LogP contribution in [0.5, 0.6) is 0 Å². The van der Waals surface area contributed by atoms with Crippen molar-refractivity contribution < 1.29 is 5.11 Å². The standard InChI is InChI=1S/C13H15ClN2O/c1-9(2)16-8-10(7-15-16)13(17)11-5-3-4-6-12(11)14/h3-9,13,17H,1-2H3. The Kier molecular flexibility index (Phi) is 3.50. The van der Waals surface area contributed by atoms with Crippen molar-refractivity contribution in [3.63, 3.8) is 0 Å². The molecule has 0 bridgehead atoms. The molecule has 1 N–H and O–H groups in total. The average Bonchev–Trinajstić information content (AvgIpc) is 2.78. The summed E-state index contributed by atoms with van der Waals surface area (Å²) in [5.74, 6) is 0. The van der Waals surface area contributed by atoms with Gasteiger partial charge in [-0.05, 0) is 19.9 Å². The van der Waals surface area contributed by atoms with Crippen LogP contribution in [-0.4, -0.2) is 14.9 Å². The summed E-state index contributed by atoms with van der Waals surface area (Å²) in [5.41, 5.74) is 1.46. The van der Waals surface area contributed by atoms with Crippen LogP contribution in [0.2, 0.25) is 5.02 Å². The highest BCUT2D eigenvalue weighted by molar-refractivity contribution is 6.31. The van der Waals surface area contributed by atoms with E-state index in [1.54, 1.807) is 12.3 Å². The third-order valence-corrected chi connectivity index (χ3v) is 3.01. The molecule has 4 heteroatoms. The zero-order valence-corrected chi connectivity index (χ0v) is 10.6. The van der Waals surface area contributed by atoms with Crippen molar-refractivity contribution in [2.24, 2.45) is 0 Å². The normalized spacial score (nSPS) is 13.0. The molecule has 1 aromatic carbocycles. The fourth-order valence-corrected chi connectivity index (χ4v) is 1.89. The number of aliphatic hydroxyl groups excluding tert-OH is 1. The predicted octanol–water partition coefficient (Wildman–Crippen LogP) is 3.20. The van der Waals surface area contributed by atoms with Crippen molar-refractivity contribution >= 4 is 11.6 Å². The quantitative estimate of drug-likeness (QED) is 0.909. The van der Waals surface area contributed by atoms with E-state index >= 15 is 0 Å². The van der Waals surface area contributed by atoms with Crippen LogP contribution in [0.4, 0.5) is 0 Å². The zero-order chi connectivity index (χ0) is 12.4. The Hall–Kier alpha value is -1.32. The summed E-state index contributed by atoms with van der Waals surface area (Å²) in [6.45, 7) is 4.08. The first-order valence-electron chi connectivity index (χ1n) is 5.56. The molecule has 0 saturated heterocycles. The second kappa shape index (κ2) is 4.90. The zero-order valence-electron chi connectivity index (χ0n) is 9.84. The maximum atomic E-state index is 10.2. The number of hydrogen-bond donors (Lipinski definition) is 1. The molecule has 1 atom stereocenters. The van der Waals surface area contributed by atoms with Gasteiger partial charge in [0, 0.05) is 28.4 Å². The number of aromatic nitrogens is 2. The number of aliphatic hydroxyl groups is 1. The van der Waals surface area contributed by atoms with Crippen LogP contribution in [0.15, 0.2) is 36.7 Å². The summed E-state index contributed by atoms with van der Waals surface area (Å²) < 4.78 is 1.81. The molecule has 2 aromatic rings. The average molecular weight is 251 g/mol. The molecule has 0 radical (unpaired) electrons. The van der Waals surface area contributed by atoms with Gasteiger partial charge in [-0.2, -0.15) is 5.10 Å². The molecule has 2 rings (SSSR count). The van der Waals surface area contributed by atoms with Gasteiger partial charge < -0.3 is 5.11 Å². The highest BCUT2D eigenvalue weighted by Crippen LogP contribution is 2.27. The summed E-state index contributed by atoms with van der Waals surface area (Å²) in [6, 6.07) is 7.57. The van der Waals surface area contributed by atoms with E-state index in [1.807, 2.05) is 42.9 Å². The van der Waals surface area contributed by atoms with Crippen molar-refractivity contribution in [3.05, 3.63) is 52.8 Å².